The van der Waals surface area contributed by atoms with E-state index in [4.69, 9.17) is 9.15 Å². The second kappa shape index (κ2) is 3.23. The quantitative estimate of drug-likeness (QED) is 0.622. The van der Waals surface area contributed by atoms with Gasteiger partial charge in [0, 0.05) is 23.8 Å². The molecule has 3 nitrogen and oxygen atoms in total. The van der Waals surface area contributed by atoms with Crippen LogP contribution in [0.3, 0.4) is 0 Å². The molecule has 0 radical (unpaired) electrons. The van der Waals surface area contributed by atoms with Crippen molar-refractivity contribution in [2.45, 2.75) is 6.92 Å². The standard InChI is InChI=1S/C13H11NO2/c1-8-14-11-7-12(15-2)9-5-3-4-6-10(9)13(11)16-8/h3-7H,1-2H3. The van der Waals surface area contributed by atoms with E-state index in [0.717, 1.165) is 27.6 Å². The molecule has 0 fully saturated rings. The number of ether oxygens (including phenoxy) is 1. The molecule has 16 heavy (non-hydrogen) atoms. The molecule has 0 amide bonds. The van der Waals surface area contributed by atoms with Gasteiger partial charge in [-0.05, 0) is 0 Å². The molecule has 1 aromatic heterocycles. The highest BCUT2D eigenvalue weighted by molar-refractivity contribution is 6.06. The van der Waals surface area contributed by atoms with Gasteiger partial charge in [-0.25, -0.2) is 4.98 Å². The second-order valence-corrected chi connectivity index (χ2v) is 3.71. The Morgan fingerprint density at radius 2 is 1.94 bits per heavy atom. The minimum Gasteiger partial charge on any atom is -0.496 e. The molecule has 80 valence electrons. The van der Waals surface area contributed by atoms with E-state index in [9.17, 15) is 0 Å². The summed E-state index contributed by atoms with van der Waals surface area (Å²) in [5.41, 5.74) is 1.67. The fraction of sp³-hybridized carbons (Fsp3) is 0.154. The lowest BCUT2D eigenvalue weighted by atomic mass is 10.1. The van der Waals surface area contributed by atoms with Gasteiger partial charge >= 0.3 is 0 Å². The van der Waals surface area contributed by atoms with Gasteiger partial charge in [-0.3, -0.25) is 0 Å². The third kappa shape index (κ3) is 1.18. The summed E-state index contributed by atoms with van der Waals surface area (Å²) in [6, 6.07) is 9.92. The first-order valence-electron chi connectivity index (χ1n) is 5.12. The third-order valence-electron chi connectivity index (χ3n) is 2.69. The smallest absolute Gasteiger partial charge is 0.192 e. The Morgan fingerprint density at radius 3 is 2.69 bits per heavy atom. The largest absolute Gasteiger partial charge is 0.496 e. The maximum Gasteiger partial charge on any atom is 0.192 e. The van der Waals surface area contributed by atoms with Crippen LogP contribution < -0.4 is 4.74 Å². The van der Waals surface area contributed by atoms with Crippen molar-refractivity contribution >= 4 is 21.9 Å². The Labute approximate surface area is 92.7 Å². The molecular weight excluding hydrogens is 202 g/mol. The number of nitrogens with zero attached hydrogens (tertiary/aromatic N) is 1. The van der Waals surface area contributed by atoms with Gasteiger partial charge in [-0.1, -0.05) is 24.3 Å². The number of hydrogen-bond acceptors (Lipinski definition) is 3. The highest BCUT2D eigenvalue weighted by Gasteiger charge is 2.10. The van der Waals surface area contributed by atoms with Crippen molar-refractivity contribution in [1.29, 1.82) is 0 Å². The third-order valence-corrected chi connectivity index (χ3v) is 2.69. The van der Waals surface area contributed by atoms with E-state index in [1.54, 1.807) is 7.11 Å². The number of fused-ring (bicyclic) bond motifs is 3. The topological polar surface area (TPSA) is 35.3 Å². The SMILES string of the molecule is COc1cc2nc(C)oc2c2ccccc12. The number of methoxy groups -OCH3 is 1. The molecule has 0 aliphatic heterocycles. The van der Waals surface area contributed by atoms with E-state index in [1.165, 1.54) is 0 Å². The summed E-state index contributed by atoms with van der Waals surface area (Å²) < 4.78 is 11.0. The zero-order valence-corrected chi connectivity index (χ0v) is 9.15. The van der Waals surface area contributed by atoms with E-state index in [1.807, 2.05) is 37.3 Å². The van der Waals surface area contributed by atoms with E-state index in [-0.39, 0.29) is 0 Å². The van der Waals surface area contributed by atoms with Crippen LogP contribution in [0.2, 0.25) is 0 Å². The molecule has 1 heterocycles. The van der Waals surface area contributed by atoms with Gasteiger partial charge in [0.05, 0.1) is 7.11 Å². The lowest BCUT2D eigenvalue weighted by Gasteiger charge is -2.04. The Balaban J connectivity index is 2.56. The zero-order valence-electron chi connectivity index (χ0n) is 9.15. The Morgan fingerprint density at radius 1 is 1.19 bits per heavy atom. The number of aryl methyl sites for hydroxylation is 1. The molecule has 0 aliphatic rings. The van der Waals surface area contributed by atoms with Crippen molar-refractivity contribution < 1.29 is 9.15 Å². The summed E-state index contributed by atoms with van der Waals surface area (Å²) in [6.45, 7) is 1.85. The van der Waals surface area contributed by atoms with Crippen molar-refractivity contribution in [3.8, 4) is 5.75 Å². The van der Waals surface area contributed by atoms with Crippen molar-refractivity contribution in [3.63, 3.8) is 0 Å². The molecule has 0 spiro atoms. The van der Waals surface area contributed by atoms with Crippen LogP contribution in [0.4, 0.5) is 0 Å². The zero-order chi connectivity index (χ0) is 11.1. The van der Waals surface area contributed by atoms with Crippen LogP contribution in [0.15, 0.2) is 34.7 Å². The van der Waals surface area contributed by atoms with Crippen LogP contribution in [-0.2, 0) is 0 Å². The molecule has 3 heteroatoms. The molecule has 0 saturated heterocycles. The maximum absolute atomic E-state index is 5.61. The minimum atomic E-state index is 0.674. The molecular formula is C13H11NO2. The molecule has 3 aromatic rings. The first-order valence-corrected chi connectivity index (χ1v) is 5.12. The molecule has 0 atom stereocenters. The minimum absolute atomic E-state index is 0.674. The summed E-state index contributed by atoms with van der Waals surface area (Å²) >= 11 is 0. The van der Waals surface area contributed by atoms with Gasteiger partial charge in [0.25, 0.3) is 0 Å². The summed E-state index contributed by atoms with van der Waals surface area (Å²) in [5.74, 6) is 1.50. The van der Waals surface area contributed by atoms with Crippen molar-refractivity contribution in [2.24, 2.45) is 0 Å². The van der Waals surface area contributed by atoms with Gasteiger partial charge < -0.3 is 9.15 Å². The summed E-state index contributed by atoms with van der Waals surface area (Å²) in [7, 11) is 1.67. The first-order chi connectivity index (χ1) is 7.79. The van der Waals surface area contributed by atoms with Crippen molar-refractivity contribution in [1.82, 2.24) is 4.98 Å². The first kappa shape index (κ1) is 9.21. The van der Waals surface area contributed by atoms with Crippen LogP contribution in [0.5, 0.6) is 5.75 Å². The number of benzene rings is 2. The average molecular weight is 213 g/mol. The summed E-state index contributed by atoms with van der Waals surface area (Å²) in [6.07, 6.45) is 0. The summed E-state index contributed by atoms with van der Waals surface area (Å²) in [5, 5.41) is 2.09. The number of oxazole rings is 1. The lowest BCUT2D eigenvalue weighted by molar-refractivity contribution is 0.420. The Hall–Kier alpha value is -2.03. The molecule has 2 aromatic carbocycles. The predicted molar refractivity (Wildman–Crippen MR) is 62.8 cm³/mol. The van der Waals surface area contributed by atoms with Crippen LogP contribution >= 0.6 is 0 Å². The number of hydrogen-bond donors (Lipinski definition) is 0. The number of aromatic nitrogens is 1. The maximum atomic E-state index is 5.61. The van der Waals surface area contributed by atoms with Crippen molar-refractivity contribution in [3.05, 3.63) is 36.2 Å². The highest BCUT2D eigenvalue weighted by atomic mass is 16.5. The van der Waals surface area contributed by atoms with Crippen LogP contribution in [0, 0.1) is 6.92 Å². The van der Waals surface area contributed by atoms with Crippen LogP contribution in [-0.4, -0.2) is 12.1 Å². The Kier molecular flexibility index (Phi) is 1.86. The van der Waals surface area contributed by atoms with Crippen LogP contribution in [0.1, 0.15) is 5.89 Å². The summed E-state index contributed by atoms with van der Waals surface area (Å²) in [4.78, 5) is 4.33. The predicted octanol–water partition coefficient (Wildman–Crippen LogP) is 3.30. The normalized spacial score (nSPS) is 11.1. The van der Waals surface area contributed by atoms with E-state index < -0.39 is 0 Å². The molecule has 0 bridgehead atoms. The average Bonchev–Trinajstić information content (AvgIpc) is 2.68. The van der Waals surface area contributed by atoms with Crippen LogP contribution in [0.25, 0.3) is 21.9 Å². The van der Waals surface area contributed by atoms with Gasteiger partial charge in [0.1, 0.15) is 11.3 Å². The van der Waals surface area contributed by atoms with Crippen molar-refractivity contribution in [2.75, 3.05) is 7.11 Å². The fourth-order valence-electron chi connectivity index (χ4n) is 2.00. The monoisotopic (exact) mass is 213 g/mol. The second-order valence-electron chi connectivity index (χ2n) is 3.71. The fourth-order valence-corrected chi connectivity index (χ4v) is 2.00. The molecule has 0 aliphatic carbocycles. The lowest BCUT2D eigenvalue weighted by Crippen LogP contribution is -1.85. The van der Waals surface area contributed by atoms with Gasteiger partial charge in [0.15, 0.2) is 11.5 Å². The van der Waals surface area contributed by atoms with E-state index in [0.29, 0.717) is 5.89 Å². The van der Waals surface area contributed by atoms with E-state index in [2.05, 4.69) is 4.98 Å². The number of rotatable bonds is 1. The van der Waals surface area contributed by atoms with Gasteiger partial charge in [-0.2, -0.15) is 0 Å². The molecule has 0 unspecified atom stereocenters. The van der Waals surface area contributed by atoms with Gasteiger partial charge in [-0.15, -0.1) is 0 Å². The molecule has 3 rings (SSSR count). The van der Waals surface area contributed by atoms with E-state index >= 15 is 0 Å². The molecule has 0 saturated carbocycles. The highest BCUT2D eigenvalue weighted by Crippen LogP contribution is 2.33. The molecule has 0 N–H and O–H groups in total. The Bertz CT molecular complexity index is 670. The van der Waals surface area contributed by atoms with Gasteiger partial charge in [0.2, 0.25) is 0 Å².